The van der Waals surface area contributed by atoms with Gasteiger partial charge < -0.3 is 9.30 Å². The van der Waals surface area contributed by atoms with Crippen molar-refractivity contribution >= 4 is 17.0 Å². The number of hydrogen-bond donors (Lipinski definition) is 0. The number of aromatic nitrogens is 2. The summed E-state index contributed by atoms with van der Waals surface area (Å²) in [5.41, 5.74) is 1.98. The number of imidazole rings is 1. The van der Waals surface area contributed by atoms with Gasteiger partial charge in [0.1, 0.15) is 12.4 Å². The summed E-state index contributed by atoms with van der Waals surface area (Å²) in [4.78, 5) is 16.6. The van der Waals surface area contributed by atoms with Crippen LogP contribution in [-0.2, 0) is 16.1 Å². The van der Waals surface area contributed by atoms with E-state index in [0.29, 0.717) is 5.92 Å². The number of fused-ring (bicyclic) bond motifs is 1. The molecule has 0 unspecified atom stereocenters. The Morgan fingerprint density at radius 1 is 1.42 bits per heavy atom. The summed E-state index contributed by atoms with van der Waals surface area (Å²) in [5, 5.41) is 0. The topological polar surface area (TPSA) is 44.1 Å². The third kappa shape index (κ3) is 2.48. The molecule has 1 saturated carbocycles. The van der Waals surface area contributed by atoms with Gasteiger partial charge in [0.15, 0.2) is 0 Å². The van der Waals surface area contributed by atoms with Crippen molar-refractivity contribution in [2.75, 3.05) is 0 Å². The lowest BCUT2D eigenvalue weighted by molar-refractivity contribution is -0.148. The van der Waals surface area contributed by atoms with Crippen LogP contribution in [0.2, 0.25) is 0 Å². The van der Waals surface area contributed by atoms with Crippen molar-refractivity contribution in [1.29, 1.82) is 0 Å². The molecule has 1 fully saturated rings. The van der Waals surface area contributed by atoms with Crippen LogP contribution in [-0.4, -0.2) is 21.6 Å². The van der Waals surface area contributed by atoms with E-state index in [-0.39, 0.29) is 18.6 Å². The predicted octanol–water partition coefficient (Wildman–Crippen LogP) is 2.87. The Balaban J connectivity index is 1.95. The summed E-state index contributed by atoms with van der Waals surface area (Å²) in [6.45, 7) is 3.99. The van der Waals surface area contributed by atoms with Gasteiger partial charge >= 0.3 is 5.97 Å². The molecule has 1 aromatic heterocycles. The zero-order valence-electron chi connectivity index (χ0n) is 11.3. The number of carbonyl (C=O) groups excluding carboxylic acids is 1. The average Bonchev–Trinajstić information content (AvgIpc) is 3.13. The summed E-state index contributed by atoms with van der Waals surface area (Å²) >= 11 is 0. The van der Waals surface area contributed by atoms with Crippen molar-refractivity contribution in [3.63, 3.8) is 0 Å². The van der Waals surface area contributed by atoms with Crippen molar-refractivity contribution < 1.29 is 9.53 Å². The smallest absolute Gasteiger partial charge is 0.326 e. The monoisotopic (exact) mass is 258 g/mol. The van der Waals surface area contributed by atoms with Crippen LogP contribution in [0.1, 0.15) is 38.4 Å². The highest BCUT2D eigenvalue weighted by Gasteiger charge is 2.30. The zero-order valence-corrected chi connectivity index (χ0v) is 11.3. The summed E-state index contributed by atoms with van der Waals surface area (Å²) in [5.74, 6) is 1.35. The number of nitrogens with zero attached hydrogens (tertiary/aromatic N) is 2. The van der Waals surface area contributed by atoms with E-state index in [2.05, 4.69) is 4.98 Å². The van der Waals surface area contributed by atoms with Crippen LogP contribution in [0.5, 0.6) is 0 Å². The highest BCUT2D eigenvalue weighted by Crippen LogP contribution is 2.40. The molecule has 0 spiro atoms. The Morgan fingerprint density at radius 2 is 2.16 bits per heavy atom. The van der Waals surface area contributed by atoms with Crippen LogP contribution in [0.4, 0.5) is 0 Å². The van der Waals surface area contributed by atoms with Crippen molar-refractivity contribution in [3.8, 4) is 0 Å². The molecule has 3 rings (SSSR count). The SMILES string of the molecule is CC(C)OC(=O)Cn1c(C2CC2)nc2ccccc21. The minimum atomic E-state index is -0.194. The predicted molar refractivity (Wildman–Crippen MR) is 72.9 cm³/mol. The first-order valence-corrected chi connectivity index (χ1v) is 6.80. The maximum atomic E-state index is 11.9. The van der Waals surface area contributed by atoms with Crippen LogP contribution in [0, 0.1) is 0 Å². The molecule has 1 aromatic carbocycles. The van der Waals surface area contributed by atoms with Gasteiger partial charge in [0.25, 0.3) is 0 Å². The normalized spacial score (nSPS) is 15.1. The molecular weight excluding hydrogens is 240 g/mol. The highest BCUT2D eigenvalue weighted by molar-refractivity contribution is 5.79. The first kappa shape index (κ1) is 12.2. The molecular formula is C15H18N2O2. The van der Waals surface area contributed by atoms with Crippen LogP contribution in [0.25, 0.3) is 11.0 Å². The molecule has 0 saturated heterocycles. The molecule has 19 heavy (non-hydrogen) atoms. The number of esters is 1. The van der Waals surface area contributed by atoms with Gasteiger partial charge in [-0.25, -0.2) is 4.98 Å². The molecule has 0 atom stereocenters. The molecule has 4 nitrogen and oxygen atoms in total. The lowest BCUT2D eigenvalue weighted by Crippen LogP contribution is -2.18. The van der Waals surface area contributed by atoms with Crippen LogP contribution >= 0.6 is 0 Å². The van der Waals surface area contributed by atoms with Gasteiger partial charge in [-0.15, -0.1) is 0 Å². The van der Waals surface area contributed by atoms with Gasteiger partial charge in [0, 0.05) is 5.92 Å². The molecule has 4 heteroatoms. The lowest BCUT2D eigenvalue weighted by Gasteiger charge is -2.11. The quantitative estimate of drug-likeness (QED) is 0.792. The minimum Gasteiger partial charge on any atom is -0.462 e. The third-order valence-corrected chi connectivity index (χ3v) is 3.28. The van der Waals surface area contributed by atoms with Crippen LogP contribution in [0.3, 0.4) is 0 Å². The van der Waals surface area contributed by atoms with Gasteiger partial charge in [0.05, 0.1) is 17.1 Å². The minimum absolute atomic E-state index is 0.0772. The summed E-state index contributed by atoms with van der Waals surface area (Å²) in [7, 11) is 0. The van der Waals surface area contributed by atoms with Crippen molar-refractivity contribution in [2.24, 2.45) is 0 Å². The third-order valence-electron chi connectivity index (χ3n) is 3.28. The molecule has 1 aliphatic rings. The fourth-order valence-corrected chi connectivity index (χ4v) is 2.34. The number of carbonyl (C=O) groups is 1. The maximum Gasteiger partial charge on any atom is 0.326 e. The Morgan fingerprint density at radius 3 is 2.84 bits per heavy atom. The Kier molecular flexibility index (Phi) is 3.01. The van der Waals surface area contributed by atoms with Gasteiger partial charge in [-0.1, -0.05) is 12.1 Å². The summed E-state index contributed by atoms with van der Waals surface area (Å²) in [6, 6.07) is 7.95. The first-order valence-electron chi connectivity index (χ1n) is 6.80. The van der Waals surface area contributed by atoms with Gasteiger partial charge in [-0.3, -0.25) is 4.79 Å². The van der Waals surface area contributed by atoms with E-state index in [9.17, 15) is 4.79 Å². The van der Waals surface area contributed by atoms with E-state index in [1.54, 1.807) is 0 Å². The standard InChI is InChI=1S/C15H18N2O2/c1-10(2)19-14(18)9-17-13-6-4-3-5-12(13)16-15(17)11-7-8-11/h3-6,10-11H,7-9H2,1-2H3. The van der Waals surface area contributed by atoms with E-state index >= 15 is 0 Å². The molecule has 100 valence electrons. The average molecular weight is 258 g/mol. The molecule has 0 N–H and O–H groups in total. The molecule has 0 aliphatic heterocycles. The molecule has 1 aliphatic carbocycles. The van der Waals surface area contributed by atoms with E-state index < -0.39 is 0 Å². The number of para-hydroxylation sites is 2. The molecule has 2 aromatic rings. The number of ether oxygens (including phenoxy) is 1. The van der Waals surface area contributed by atoms with E-state index in [1.807, 2.05) is 42.7 Å². The number of benzene rings is 1. The first-order chi connectivity index (χ1) is 9.15. The number of hydrogen-bond acceptors (Lipinski definition) is 3. The fourth-order valence-electron chi connectivity index (χ4n) is 2.34. The second kappa shape index (κ2) is 4.68. The van der Waals surface area contributed by atoms with Gasteiger partial charge in [-0.2, -0.15) is 0 Å². The van der Waals surface area contributed by atoms with Crippen LogP contribution in [0.15, 0.2) is 24.3 Å². The van der Waals surface area contributed by atoms with E-state index in [0.717, 1.165) is 16.9 Å². The Labute approximate surface area is 112 Å². The Hall–Kier alpha value is -1.84. The molecule has 0 amide bonds. The zero-order chi connectivity index (χ0) is 13.4. The van der Waals surface area contributed by atoms with E-state index in [4.69, 9.17) is 4.74 Å². The van der Waals surface area contributed by atoms with Crippen molar-refractivity contribution in [2.45, 2.75) is 45.3 Å². The Bertz CT molecular complexity index is 612. The second-order valence-corrected chi connectivity index (χ2v) is 5.36. The molecule has 1 heterocycles. The van der Waals surface area contributed by atoms with Gasteiger partial charge in [-0.05, 0) is 38.8 Å². The van der Waals surface area contributed by atoms with Crippen LogP contribution < -0.4 is 0 Å². The van der Waals surface area contributed by atoms with Crippen molar-refractivity contribution in [3.05, 3.63) is 30.1 Å². The number of rotatable bonds is 4. The maximum absolute atomic E-state index is 11.9. The highest BCUT2D eigenvalue weighted by atomic mass is 16.5. The largest absolute Gasteiger partial charge is 0.462 e. The molecule has 0 bridgehead atoms. The molecule has 0 radical (unpaired) electrons. The van der Waals surface area contributed by atoms with Crippen molar-refractivity contribution in [1.82, 2.24) is 9.55 Å². The fraction of sp³-hybridized carbons (Fsp3) is 0.467. The summed E-state index contributed by atoms with van der Waals surface area (Å²) in [6.07, 6.45) is 2.26. The second-order valence-electron chi connectivity index (χ2n) is 5.36. The van der Waals surface area contributed by atoms with Gasteiger partial charge in [0.2, 0.25) is 0 Å². The summed E-state index contributed by atoms with van der Waals surface area (Å²) < 4.78 is 7.25. The van der Waals surface area contributed by atoms with E-state index in [1.165, 1.54) is 12.8 Å². The lowest BCUT2D eigenvalue weighted by atomic mass is 10.3.